The maximum absolute atomic E-state index is 13.3. The predicted octanol–water partition coefficient (Wildman–Crippen LogP) is -3.90. The predicted molar refractivity (Wildman–Crippen MR) is 127 cm³/mol. The van der Waals surface area contributed by atoms with E-state index in [4.69, 9.17) is 11.5 Å². The third-order valence-electron chi connectivity index (χ3n) is 7.66. The van der Waals surface area contributed by atoms with Crippen LogP contribution in [0.3, 0.4) is 0 Å². The molecule has 1 aromatic carbocycles. The zero-order valence-electron chi connectivity index (χ0n) is 19.5. The molecule has 15 nitrogen and oxygen atoms in total. The van der Waals surface area contributed by atoms with Crippen molar-refractivity contribution in [3.05, 3.63) is 29.3 Å². The van der Waals surface area contributed by atoms with Crippen molar-refractivity contribution in [2.75, 3.05) is 18.4 Å². The van der Waals surface area contributed by atoms with E-state index in [2.05, 4.69) is 25.9 Å². The molecule has 0 saturated carbocycles. The molecule has 37 heavy (non-hydrogen) atoms. The number of anilines is 1. The molecule has 5 heterocycles. The normalized spacial score (nSPS) is 31.3. The minimum atomic E-state index is -2.68. The van der Waals surface area contributed by atoms with E-state index in [0.29, 0.717) is 11.3 Å². The molecule has 1 spiro atoms. The maximum Gasteiger partial charge on any atom is 0.252 e. The number of carbonyl (C=O) groups is 4. The van der Waals surface area contributed by atoms with E-state index in [1.807, 2.05) is 0 Å². The first-order chi connectivity index (χ1) is 17.5. The maximum atomic E-state index is 13.3. The Morgan fingerprint density at radius 2 is 1.89 bits per heavy atom. The summed E-state index contributed by atoms with van der Waals surface area (Å²) in [4.78, 5) is 60.7. The van der Waals surface area contributed by atoms with Gasteiger partial charge in [-0.05, 0) is 17.7 Å². The number of benzene rings is 1. The van der Waals surface area contributed by atoms with Crippen LogP contribution in [-0.2, 0) is 20.8 Å². The lowest BCUT2D eigenvalue weighted by atomic mass is 9.84. The largest absolute Gasteiger partial charge is 0.370 e. The Kier molecular flexibility index (Phi) is 4.78. The van der Waals surface area contributed by atoms with Crippen molar-refractivity contribution in [2.45, 2.75) is 48.8 Å². The summed E-state index contributed by atoms with van der Waals surface area (Å²) in [6.07, 6.45) is 0.184. The molecule has 5 aliphatic heterocycles. The highest BCUT2D eigenvalue weighted by molar-refractivity contribution is 6.06. The van der Waals surface area contributed by atoms with Crippen LogP contribution in [0.4, 0.5) is 5.69 Å². The number of aliphatic hydroxyl groups is 2. The van der Waals surface area contributed by atoms with Gasteiger partial charge in [0.1, 0.15) is 12.1 Å². The van der Waals surface area contributed by atoms with Gasteiger partial charge < -0.3 is 42.5 Å². The fourth-order valence-corrected chi connectivity index (χ4v) is 5.95. The first kappa shape index (κ1) is 23.2. The molecule has 0 bridgehead atoms. The number of aliphatic imine (C=N–C) groups is 2. The van der Waals surface area contributed by atoms with Crippen molar-refractivity contribution < 1.29 is 29.4 Å². The molecule has 0 aromatic heterocycles. The van der Waals surface area contributed by atoms with E-state index in [1.54, 1.807) is 18.2 Å². The van der Waals surface area contributed by atoms with Crippen LogP contribution >= 0.6 is 0 Å². The van der Waals surface area contributed by atoms with Gasteiger partial charge in [-0.2, -0.15) is 0 Å². The number of hydrogen-bond donors (Lipinski definition) is 7. The second-order valence-electron chi connectivity index (χ2n) is 9.72. The van der Waals surface area contributed by atoms with Crippen LogP contribution in [0.2, 0.25) is 0 Å². The number of carbonyl (C=O) groups excluding carboxylic acids is 4. The van der Waals surface area contributed by atoms with Crippen molar-refractivity contribution in [1.82, 2.24) is 20.4 Å². The number of fused-ring (bicyclic) bond motifs is 1. The number of amides is 4. The monoisotopic (exact) mass is 511 g/mol. The highest BCUT2D eigenvalue weighted by Crippen LogP contribution is 2.45. The molecule has 194 valence electrons. The van der Waals surface area contributed by atoms with E-state index < -0.39 is 35.5 Å². The molecule has 6 rings (SSSR count). The van der Waals surface area contributed by atoms with Crippen molar-refractivity contribution in [3.8, 4) is 0 Å². The van der Waals surface area contributed by atoms with Gasteiger partial charge >= 0.3 is 0 Å². The van der Waals surface area contributed by atoms with Crippen molar-refractivity contribution in [3.63, 3.8) is 0 Å². The number of imide groups is 1. The SMILES string of the molecule is NC1=N[C@H]2C(CN3C(=O)CCC3=O)N=C(N)N3CC(NC(=O)c4cccc5c4CC(=O)N5)C(O)(O)[C@]23N1. The summed E-state index contributed by atoms with van der Waals surface area (Å²) >= 11 is 0. The zero-order valence-corrected chi connectivity index (χ0v) is 19.5. The molecule has 9 N–H and O–H groups in total. The molecule has 2 fully saturated rings. The molecule has 1 aromatic rings. The molecule has 4 atom stereocenters. The topological polar surface area (TPSA) is 228 Å². The number of nitrogens with one attached hydrogen (secondary N) is 3. The second-order valence-corrected chi connectivity index (χ2v) is 9.72. The van der Waals surface area contributed by atoms with Crippen molar-refractivity contribution in [1.29, 1.82) is 0 Å². The molecule has 0 radical (unpaired) electrons. The van der Waals surface area contributed by atoms with Crippen LogP contribution in [0.5, 0.6) is 0 Å². The van der Waals surface area contributed by atoms with Crippen LogP contribution in [-0.4, -0.2) is 98.2 Å². The average Bonchev–Trinajstić information content (AvgIpc) is 3.54. The summed E-state index contributed by atoms with van der Waals surface area (Å²) in [7, 11) is 0. The molecule has 2 unspecified atom stereocenters. The lowest BCUT2D eigenvalue weighted by Gasteiger charge is -2.49. The van der Waals surface area contributed by atoms with Crippen LogP contribution < -0.4 is 27.4 Å². The van der Waals surface area contributed by atoms with Gasteiger partial charge in [0.25, 0.3) is 5.91 Å². The van der Waals surface area contributed by atoms with Gasteiger partial charge in [-0.1, -0.05) is 6.07 Å². The van der Waals surface area contributed by atoms with Crippen molar-refractivity contribution >= 4 is 41.2 Å². The molecule has 4 amide bonds. The number of likely N-dealkylation sites (tertiary alicyclic amines) is 1. The minimum absolute atomic E-state index is 0.0201. The molecule has 5 aliphatic rings. The summed E-state index contributed by atoms with van der Waals surface area (Å²) in [5, 5.41) is 31.2. The van der Waals surface area contributed by atoms with Gasteiger partial charge in [-0.15, -0.1) is 0 Å². The summed E-state index contributed by atoms with van der Waals surface area (Å²) in [6, 6.07) is 1.56. The van der Waals surface area contributed by atoms with E-state index in [9.17, 15) is 29.4 Å². The molecular formula is C22H25N9O6. The first-order valence-electron chi connectivity index (χ1n) is 11.8. The minimum Gasteiger partial charge on any atom is -0.370 e. The molecule has 15 heteroatoms. The van der Waals surface area contributed by atoms with E-state index in [-0.39, 0.29) is 67.6 Å². The third kappa shape index (κ3) is 3.13. The number of rotatable bonds is 4. The highest BCUT2D eigenvalue weighted by atomic mass is 16.5. The third-order valence-corrected chi connectivity index (χ3v) is 7.66. The standard InChI is InChI=1S/C22H25N9O6/c23-19-28-17-12(7-30-15(33)4-5-16(30)34)26-20(24)31-8-13(22(36,37)21(17,31)29-19)27-18(35)9-2-1-3-11-10(9)6-14(32)25-11/h1-3,12-13,17,36-37H,4-8H2,(H2,24,26)(H,25,32)(H,27,35)(H3,23,28,29)/t12?,13?,17-,21-/m0/s1. The van der Waals surface area contributed by atoms with Crippen LogP contribution in [0.25, 0.3) is 0 Å². The number of guanidine groups is 2. The summed E-state index contributed by atoms with van der Waals surface area (Å²) in [5.41, 5.74) is 11.6. The Morgan fingerprint density at radius 1 is 1.16 bits per heavy atom. The number of nitrogens with two attached hydrogens (primary N) is 2. The first-order valence-corrected chi connectivity index (χ1v) is 11.8. The fraction of sp³-hybridized carbons (Fsp3) is 0.455. The van der Waals surface area contributed by atoms with Crippen LogP contribution in [0.1, 0.15) is 28.8 Å². The van der Waals surface area contributed by atoms with Gasteiger partial charge in [0.15, 0.2) is 17.6 Å². The number of hydrogen-bond acceptors (Lipinski definition) is 12. The Morgan fingerprint density at radius 3 is 2.62 bits per heavy atom. The smallest absolute Gasteiger partial charge is 0.252 e. The fourth-order valence-electron chi connectivity index (χ4n) is 5.95. The van der Waals surface area contributed by atoms with Crippen LogP contribution in [0.15, 0.2) is 28.2 Å². The van der Waals surface area contributed by atoms with Crippen LogP contribution in [0, 0.1) is 0 Å². The Labute approximate surface area is 209 Å². The lowest BCUT2D eigenvalue weighted by Crippen LogP contribution is -2.78. The Bertz CT molecular complexity index is 1310. The van der Waals surface area contributed by atoms with Gasteiger partial charge in [-0.3, -0.25) is 24.1 Å². The molecule has 0 aliphatic carbocycles. The van der Waals surface area contributed by atoms with Gasteiger partial charge in [0.2, 0.25) is 23.5 Å². The quantitative estimate of drug-likeness (QED) is 0.153. The summed E-state index contributed by atoms with van der Waals surface area (Å²) in [6.45, 7) is -0.331. The Balaban J connectivity index is 1.32. The molecule has 2 saturated heterocycles. The second kappa shape index (κ2) is 7.63. The number of nitrogens with zero attached hydrogens (tertiary/aromatic N) is 4. The molecular weight excluding hydrogens is 486 g/mol. The zero-order chi connectivity index (χ0) is 26.3. The van der Waals surface area contributed by atoms with Gasteiger partial charge in [0.05, 0.1) is 19.0 Å². The summed E-state index contributed by atoms with van der Waals surface area (Å²) < 4.78 is 0. The van der Waals surface area contributed by atoms with Gasteiger partial charge in [0, 0.05) is 30.6 Å². The van der Waals surface area contributed by atoms with E-state index in [1.165, 1.54) is 4.90 Å². The highest BCUT2D eigenvalue weighted by Gasteiger charge is 2.73. The lowest BCUT2D eigenvalue weighted by molar-refractivity contribution is -0.230. The van der Waals surface area contributed by atoms with E-state index >= 15 is 0 Å². The Hall–Kier alpha value is -4.24. The van der Waals surface area contributed by atoms with Gasteiger partial charge in [-0.25, -0.2) is 9.98 Å². The van der Waals surface area contributed by atoms with E-state index in [0.717, 1.165) is 4.90 Å². The van der Waals surface area contributed by atoms with Crippen molar-refractivity contribution in [2.24, 2.45) is 21.5 Å². The average molecular weight is 511 g/mol. The summed E-state index contributed by atoms with van der Waals surface area (Å²) in [5.74, 6) is -4.49.